The molecule has 4 aromatic rings. The first-order valence-electron chi connectivity index (χ1n) is 13.1. The van der Waals surface area contributed by atoms with Crippen LogP contribution >= 0.6 is 23.2 Å². The molecule has 0 bridgehead atoms. The molecular weight excluding hydrogens is 581 g/mol. The number of hydrogen-bond acceptors (Lipinski definition) is 5. The lowest BCUT2D eigenvalue weighted by Crippen LogP contribution is -2.51. The van der Waals surface area contributed by atoms with Crippen LogP contribution < -0.4 is 9.46 Å². The summed E-state index contributed by atoms with van der Waals surface area (Å²) in [7, 11) is -3.85. The number of halogens is 2. The molecule has 10 heteroatoms. The Hall–Kier alpha value is -3.56. The van der Waals surface area contributed by atoms with Crippen LogP contribution in [0.1, 0.15) is 17.2 Å². The molecular formula is C31H29Cl2N3O4S. The van der Waals surface area contributed by atoms with Crippen molar-refractivity contribution in [1.82, 2.24) is 9.80 Å². The predicted molar refractivity (Wildman–Crippen MR) is 162 cm³/mol. The molecule has 1 fully saturated rings. The Bertz CT molecular complexity index is 1540. The summed E-state index contributed by atoms with van der Waals surface area (Å²) >= 11 is 11.9. The van der Waals surface area contributed by atoms with Gasteiger partial charge < -0.3 is 9.64 Å². The minimum absolute atomic E-state index is 0.0461. The third-order valence-corrected chi connectivity index (χ3v) is 9.07. The van der Waals surface area contributed by atoms with Crippen molar-refractivity contribution < 1.29 is 17.9 Å². The maximum atomic E-state index is 12.9. The second-order valence-electron chi connectivity index (χ2n) is 9.64. The molecule has 1 saturated heterocycles. The number of carbonyl (C=O) groups excluding carboxylic acids is 1. The number of hydrogen-bond donors (Lipinski definition) is 1. The zero-order valence-corrected chi connectivity index (χ0v) is 24.4. The molecule has 1 heterocycles. The van der Waals surface area contributed by atoms with E-state index < -0.39 is 10.0 Å². The topological polar surface area (TPSA) is 78.9 Å². The van der Waals surface area contributed by atoms with E-state index in [1.807, 2.05) is 17.0 Å². The van der Waals surface area contributed by atoms with Crippen molar-refractivity contribution in [3.8, 4) is 5.75 Å². The molecule has 0 saturated carbocycles. The van der Waals surface area contributed by atoms with Crippen LogP contribution in [0.2, 0.25) is 10.0 Å². The van der Waals surface area contributed by atoms with Gasteiger partial charge in [0.05, 0.1) is 26.7 Å². The van der Waals surface area contributed by atoms with Gasteiger partial charge in [-0.2, -0.15) is 0 Å². The van der Waals surface area contributed by atoms with Crippen molar-refractivity contribution in [2.75, 3.05) is 37.5 Å². The van der Waals surface area contributed by atoms with Crippen LogP contribution in [-0.4, -0.2) is 56.9 Å². The number of anilines is 1. The normalized spacial score (nSPS) is 14.2. The maximum Gasteiger partial charge on any atom is 0.261 e. The minimum atomic E-state index is -3.85. The first-order valence-corrected chi connectivity index (χ1v) is 15.4. The van der Waals surface area contributed by atoms with Crippen molar-refractivity contribution in [2.24, 2.45) is 0 Å². The van der Waals surface area contributed by atoms with E-state index >= 15 is 0 Å². The first-order chi connectivity index (χ1) is 19.8. The van der Waals surface area contributed by atoms with Crippen LogP contribution in [0.3, 0.4) is 0 Å². The van der Waals surface area contributed by atoms with Gasteiger partial charge in [0.1, 0.15) is 5.75 Å². The fourth-order valence-corrected chi connectivity index (χ4v) is 6.19. The van der Waals surface area contributed by atoms with Gasteiger partial charge in [-0.3, -0.25) is 14.4 Å². The zero-order valence-electron chi connectivity index (χ0n) is 22.1. The molecule has 5 rings (SSSR count). The van der Waals surface area contributed by atoms with Crippen LogP contribution in [0.4, 0.5) is 5.69 Å². The monoisotopic (exact) mass is 609 g/mol. The molecule has 1 amide bonds. The number of nitrogens with one attached hydrogen (secondary N) is 1. The Morgan fingerprint density at radius 3 is 1.93 bits per heavy atom. The van der Waals surface area contributed by atoms with Crippen molar-refractivity contribution in [3.05, 3.63) is 124 Å². The summed E-state index contributed by atoms with van der Waals surface area (Å²) in [6.45, 7) is 2.53. The van der Waals surface area contributed by atoms with Gasteiger partial charge >= 0.3 is 0 Å². The summed E-state index contributed by atoms with van der Waals surface area (Å²) < 4.78 is 33.7. The molecule has 0 unspecified atom stereocenters. The first kappa shape index (κ1) is 29.0. The quantitative estimate of drug-likeness (QED) is 0.248. The van der Waals surface area contributed by atoms with Gasteiger partial charge in [-0.1, -0.05) is 83.9 Å². The van der Waals surface area contributed by atoms with Crippen molar-refractivity contribution in [2.45, 2.75) is 10.9 Å². The lowest BCUT2D eigenvalue weighted by molar-refractivity contribution is -0.135. The van der Waals surface area contributed by atoms with Crippen molar-refractivity contribution in [1.29, 1.82) is 0 Å². The van der Waals surface area contributed by atoms with Gasteiger partial charge in [0.15, 0.2) is 6.61 Å². The number of amides is 1. The molecule has 212 valence electrons. The van der Waals surface area contributed by atoms with Gasteiger partial charge in [-0.05, 0) is 53.6 Å². The summed E-state index contributed by atoms with van der Waals surface area (Å²) in [6.07, 6.45) is 0. The van der Waals surface area contributed by atoms with E-state index in [2.05, 4.69) is 58.2 Å². The highest BCUT2D eigenvalue weighted by Gasteiger charge is 2.28. The molecule has 4 aromatic carbocycles. The van der Waals surface area contributed by atoms with Crippen LogP contribution in [0, 0.1) is 0 Å². The Balaban J connectivity index is 1.15. The minimum Gasteiger partial charge on any atom is -0.484 e. The second kappa shape index (κ2) is 13.0. The van der Waals surface area contributed by atoms with E-state index in [-0.39, 0.29) is 28.5 Å². The van der Waals surface area contributed by atoms with Crippen LogP contribution in [0.15, 0.2) is 108 Å². The molecule has 1 aliphatic heterocycles. The molecule has 1 N–H and O–H groups in total. The number of piperazine rings is 1. The fourth-order valence-electron chi connectivity index (χ4n) is 4.84. The van der Waals surface area contributed by atoms with E-state index in [1.54, 1.807) is 0 Å². The number of carbonyl (C=O) groups is 1. The lowest BCUT2D eigenvalue weighted by atomic mass is 9.96. The van der Waals surface area contributed by atoms with E-state index in [1.165, 1.54) is 53.6 Å². The molecule has 0 radical (unpaired) electrons. The summed E-state index contributed by atoms with van der Waals surface area (Å²) in [6, 6.07) is 31.3. The van der Waals surface area contributed by atoms with Gasteiger partial charge in [0, 0.05) is 26.2 Å². The number of nitrogens with zero attached hydrogens (tertiary/aromatic N) is 2. The summed E-state index contributed by atoms with van der Waals surface area (Å²) in [4.78, 5) is 17.2. The average Bonchev–Trinajstić information content (AvgIpc) is 2.99. The lowest BCUT2D eigenvalue weighted by Gasteiger charge is -2.39. The Morgan fingerprint density at radius 2 is 1.37 bits per heavy atom. The number of rotatable bonds is 9. The van der Waals surface area contributed by atoms with Crippen LogP contribution in [0.25, 0.3) is 0 Å². The molecule has 1 aliphatic rings. The maximum absolute atomic E-state index is 12.9. The highest BCUT2D eigenvalue weighted by molar-refractivity contribution is 7.92. The summed E-state index contributed by atoms with van der Waals surface area (Å²) in [5.74, 6) is 0.289. The standard InChI is InChI=1S/C31H29Cl2N3O4S/c32-28-16-11-25(21-29(28)33)34-41(38,39)27-14-12-26(13-15-27)40-22-30(37)35-17-19-36(20-18-35)31(23-7-3-1-4-8-23)24-9-5-2-6-10-24/h1-16,21,31,34H,17-20,22H2. The Kier molecular flexibility index (Phi) is 9.15. The molecule has 7 nitrogen and oxygen atoms in total. The smallest absolute Gasteiger partial charge is 0.261 e. The van der Waals surface area contributed by atoms with Gasteiger partial charge in [0.25, 0.3) is 15.9 Å². The fraction of sp³-hybridized carbons (Fsp3) is 0.194. The number of sulfonamides is 1. The zero-order chi connectivity index (χ0) is 28.8. The summed E-state index contributed by atoms with van der Waals surface area (Å²) in [5, 5.41) is 0.574. The van der Waals surface area contributed by atoms with E-state index in [0.717, 1.165) is 13.1 Å². The predicted octanol–water partition coefficient (Wildman–Crippen LogP) is 6.11. The van der Waals surface area contributed by atoms with Crippen molar-refractivity contribution >= 4 is 44.8 Å². The molecule has 0 aliphatic carbocycles. The third kappa shape index (κ3) is 7.21. The molecule has 41 heavy (non-hydrogen) atoms. The Morgan fingerprint density at radius 1 is 0.780 bits per heavy atom. The highest BCUT2D eigenvalue weighted by atomic mass is 35.5. The van der Waals surface area contributed by atoms with Crippen LogP contribution in [0.5, 0.6) is 5.75 Å². The molecule has 0 spiro atoms. The average molecular weight is 611 g/mol. The van der Waals surface area contributed by atoms with Gasteiger partial charge in [0.2, 0.25) is 0 Å². The van der Waals surface area contributed by atoms with Crippen LogP contribution in [-0.2, 0) is 14.8 Å². The number of ether oxygens (including phenoxy) is 1. The van der Waals surface area contributed by atoms with Crippen molar-refractivity contribution in [3.63, 3.8) is 0 Å². The highest BCUT2D eigenvalue weighted by Crippen LogP contribution is 2.30. The SMILES string of the molecule is O=C(COc1ccc(S(=O)(=O)Nc2ccc(Cl)c(Cl)c2)cc1)N1CCN(C(c2ccccc2)c2ccccc2)CC1. The van der Waals surface area contributed by atoms with E-state index in [4.69, 9.17) is 27.9 Å². The summed E-state index contributed by atoms with van der Waals surface area (Å²) in [5.41, 5.74) is 2.74. The third-order valence-electron chi connectivity index (χ3n) is 6.93. The van der Waals surface area contributed by atoms with Gasteiger partial charge in [-0.25, -0.2) is 8.42 Å². The second-order valence-corrected chi connectivity index (χ2v) is 12.1. The van der Waals surface area contributed by atoms with E-state index in [9.17, 15) is 13.2 Å². The largest absolute Gasteiger partial charge is 0.484 e. The number of benzene rings is 4. The molecule has 0 aromatic heterocycles. The van der Waals surface area contributed by atoms with Gasteiger partial charge in [-0.15, -0.1) is 0 Å². The van der Waals surface area contributed by atoms with E-state index in [0.29, 0.717) is 29.5 Å². The Labute approximate surface area is 250 Å². The molecule has 0 atom stereocenters.